The van der Waals surface area contributed by atoms with Crippen LogP contribution in [0.3, 0.4) is 0 Å². The number of aliphatic hydroxyl groups excluding tert-OH is 2. The smallest absolute Gasteiger partial charge is 0.165 e. The van der Waals surface area contributed by atoms with Gasteiger partial charge in [0.25, 0.3) is 0 Å². The lowest BCUT2D eigenvalue weighted by Gasteiger charge is -2.40. The first-order chi connectivity index (χ1) is 11.1. The highest BCUT2D eigenvalue weighted by molar-refractivity contribution is 5.83. The molecule has 2 aliphatic rings. The molecule has 4 rings (SSSR count). The molecule has 2 aromatic rings. The number of aliphatic hydroxyl groups is 2. The van der Waals surface area contributed by atoms with Crippen molar-refractivity contribution in [2.24, 2.45) is 0 Å². The number of imidazole rings is 1. The quantitative estimate of drug-likeness (QED) is 0.783. The Balaban J connectivity index is 1.65. The molecular formula is C15H22N6O2. The highest BCUT2D eigenvalue weighted by atomic mass is 16.3. The number of rotatable bonds is 4. The summed E-state index contributed by atoms with van der Waals surface area (Å²) in [5, 5.41) is 18.7. The molecule has 23 heavy (non-hydrogen) atoms. The fourth-order valence-electron chi connectivity index (χ4n) is 3.45. The van der Waals surface area contributed by atoms with Gasteiger partial charge in [-0.25, -0.2) is 15.0 Å². The summed E-state index contributed by atoms with van der Waals surface area (Å²) in [5.41, 5.74) is 1.77. The summed E-state index contributed by atoms with van der Waals surface area (Å²) in [5.74, 6) is 0.867. The SMILES string of the molecule is CN1CCN(c2ncnc3c2ncn3C[C@H](O)CO)CC12CC2. The van der Waals surface area contributed by atoms with Crippen LogP contribution in [0.15, 0.2) is 12.7 Å². The largest absolute Gasteiger partial charge is 0.394 e. The van der Waals surface area contributed by atoms with E-state index in [0.29, 0.717) is 11.2 Å². The van der Waals surface area contributed by atoms with Crippen molar-refractivity contribution in [2.45, 2.75) is 31.0 Å². The van der Waals surface area contributed by atoms with Gasteiger partial charge in [0.1, 0.15) is 6.33 Å². The lowest BCUT2D eigenvalue weighted by molar-refractivity contribution is 0.0820. The maximum atomic E-state index is 9.66. The summed E-state index contributed by atoms with van der Waals surface area (Å²) in [6, 6.07) is 0. The third kappa shape index (κ3) is 2.46. The van der Waals surface area contributed by atoms with Gasteiger partial charge in [0.2, 0.25) is 0 Å². The molecular weight excluding hydrogens is 296 g/mol. The number of aromatic nitrogens is 4. The van der Waals surface area contributed by atoms with Crippen LogP contribution < -0.4 is 4.90 Å². The number of fused-ring (bicyclic) bond motifs is 1. The van der Waals surface area contributed by atoms with E-state index in [9.17, 15) is 5.11 Å². The molecule has 3 heterocycles. The third-order valence-corrected chi connectivity index (χ3v) is 5.13. The lowest BCUT2D eigenvalue weighted by atomic mass is 10.1. The van der Waals surface area contributed by atoms with E-state index in [0.717, 1.165) is 31.0 Å². The topological polar surface area (TPSA) is 90.5 Å². The average Bonchev–Trinajstić information content (AvgIpc) is 3.23. The second kappa shape index (κ2) is 5.40. The molecule has 0 bridgehead atoms. The molecule has 1 atom stereocenters. The van der Waals surface area contributed by atoms with Crippen LogP contribution in [0.5, 0.6) is 0 Å². The van der Waals surface area contributed by atoms with Gasteiger partial charge in [0.15, 0.2) is 17.0 Å². The minimum atomic E-state index is -0.816. The summed E-state index contributed by atoms with van der Waals surface area (Å²) in [7, 11) is 2.20. The number of likely N-dealkylation sites (N-methyl/N-ethyl adjacent to an activating group) is 1. The first kappa shape index (κ1) is 14.8. The van der Waals surface area contributed by atoms with Gasteiger partial charge in [-0.15, -0.1) is 0 Å². The Bertz CT molecular complexity index is 713. The van der Waals surface area contributed by atoms with Crippen molar-refractivity contribution in [3.63, 3.8) is 0 Å². The number of nitrogens with zero attached hydrogens (tertiary/aromatic N) is 6. The predicted octanol–water partition coefficient (Wildman–Crippen LogP) is -0.536. The molecule has 0 aromatic carbocycles. The van der Waals surface area contributed by atoms with Crippen LogP contribution in [0.2, 0.25) is 0 Å². The van der Waals surface area contributed by atoms with Crippen LogP contribution in [0, 0.1) is 0 Å². The van der Waals surface area contributed by atoms with Crippen molar-refractivity contribution in [3.8, 4) is 0 Å². The van der Waals surface area contributed by atoms with Crippen molar-refractivity contribution in [2.75, 3.05) is 38.2 Å². The van der Waals surface area contributed by atoms with Crippen LogP contribution in [0.1, 0.15) is 12.8 Å². The highest BCUT2D eigenvalue weighted by Crippen LogP contribution is 2.44. The van der Waals surface area contributed by atoms with E-state index >= 15 is 0 Å². The van der Waals surface area contributed by atoms with Crippen LogP contribution in [0.25, 0.3) is 11.2 Å². The van der Waals surface area contributed by atoms with Crippen molar-refractivity contribution in [1.29, 1.82) is 0 Å². The van der Waals surface area contributed by atoms with Gasteiger partial charge in [-0.2, -0.15) is 0 Å². The molecule has 1 saturated heterocycles. The number of piperazine rings is 1. The monoisotopic (exact) mass is 318 g/mol. The zero-order valence-corrected chi connectivity index (χ0v) is 13.3. The summed E-state index contributed by atoms with van der Waals surface area (Å²) in [6.07, 6.45) is 4.88. The van der Waals surface area contributed by atoms with Gasteiger partial charge in [-0.05, 0) is 19.9 Å². The first-order valence-corrected chi connectivity index (χ1v) is 8.04. The molecule has 0 unspecified atom stereocenters. The molecule has 2 N–H and O–H groups in total. The summed E-state index contributed by atoms with van der Waals surface area (Å²) in [6.45, 7) is 2.92. The van der Waals surface area contributed by atoms with Crippen molar-refractivity contribution >= 4 is 17.0 Å². The Morgan fingerprint density at radius 3 is 2.83 bits per heavy atom. The predicted molar refractivity (Wildman–Crippen MR) is 85.2 cm³/mol. The Kier molecular flexibility index (Phi) is 3.47. The van der Waals surface area contributed by atoms with E-state index < -0.39 is 6.10 Å². The fourth-order valence-corrected chi connectivity index (χ4v) is 3.45. The van der Waals surface area contributed by atoms with Crippen LogP contribution in [-0.4, -0.2) is 79.6 Å². The Labute approximate surface area is 134 Å². The molecule has 124 valence electrons. The summed E-state index contributed by atoms with van der Waals surface area (Å²) in [4.78, 5) is 18.0. The van der Waals surface area contributed by atoms with Crippen molar-refractivity contribution in [3.05, 3.63) is 12.7 Å². The standard InChI is InChI=1S/C15H22N6O2/c1-19-4-5-20(8-15(19)2-3-15)13-12-14(17-9-16-13)21(10-18-12)6-11(23)7-22/h9-11,22-23H,2-8H2,1H3/t11-/m0/s1. The van der Waals surface area contributed by atoms with E-state index in [1.807, 2.05) is 0 Å². The molecule has 1 aliphatic carbocycles. The van der Waals surface area contributed by atoms with E-state index in [1.54, 1.807) is 17.2 Å². The molecule has 8 nitrogen and oxygen atoms in total. The highest BCUT2D eigenvalue weighted by Gasteiger charge is 2.50. The van der Waals surface area contributed by atoms with Crippen LogP contribution >= 0.6 is 0 Å². The summed E-state index contributed by atoms with van der Waals surface area (Å²) >= 11 is 0. The molecule has 1 aliphatic heterocycles. The first-order valence-electron chi connectivity index (χ1n) is 8.04. The van der Waals surface area contributed by atoms with Gasteiger partial charge in [0, 0.05) is 25.2 Å². The zero-order valence-electron chi connectivity index (χ0n) is 13.3. The van der Waals surface area contributed by atoms with Crippen molar-refractivity contribution in [1.82, 2.24) is 24.4 Å². The van der Waals surface area contributed by atoms with Gasteiger partial charge in [-0.3, -0.25) is 4.90 Å². The van der Waals surface area contributed by atoms with Gasteiger partial charge >= 0.3 is 0 Å². The third-order valence-electron chi connectivity index (χ3n) is 5.13. The maximum absolute atomic E-state index is 9.66. The van der Waals surface area contributed by atoms with E-state index in [4.69, 9.17) is 5.11 Å². The fraction of sp³-hybridized carbons (Fsp3) is 0.667. The Hall–Kier alpha value is -1.77. The molecule has 2 fully saturated rings. The Morgan fingerprint density at radius 2 is 2.09 bits per heavy atom. The second-order valence-corrected chi connectivity index (χ2v) is 6.67. The number of anilines is 1. The molecule has 2 aromatic heterocycles. The van der Waals surface area contributed by atoms with Gasteiger partial charge in [0.05, 0.1) is 25.6 Å². The van der Waals surface area contributed by atoms with Crippen LogP contribution in [0.4, 0.5) is 5.82 Å². The minimum Gasteiger partial charge on any atom is -0.394 e. The zero-order chi connectivity index (χ0) is 16.0. The minimum absolute atomic E-state index is 0.274. The maximum Gasteiger partial charge on any atom is 0.165 e. The molecule has 0 amide bonds. The normalized spacial score (nSPS) is 22.0. The molecule has 1 saturated carbocycles. The average molecular weight is 318 g/mol. The Morgan fingerprint density at radius 1 is 1.26 bits per heavy atom. The van der Waals surface area contributed by atoms with Gasteiger partial charge < -0.3 is 19.7 Å². The van der Waals surface area contributed by atoms with Gasteiger partial charge in [-0.1, -0.05) is 0 Å². The molecule has 0 radical (unpaired) electrons. The molecule has 1 spiro atoms. The van der Waals surface area contributed by atoms with E-state index in [2.05, 4.69) is 31.8 Å². The van der Waals surface area contributed by atoms with Crippen LogP contribution in [-0.2, 0) is 6.54 Å². The second-order valence-electron chi connectivity index (χ2n) is 6.67. The summed E-state index contributed by atoms with van der Waals surface area (Å²) < 4.78 is 1.77. The lowest BCUT2D eigenvalue weighted by Crippen LogP contribution is -2.53. The van der Waals surface area contributed by atoms with E-state index in [1.165, 1.54) is 12.8 Å². The van der Waals surface area contributed by atoms with Crippen molar-refractivity contribution < 1.29 is 10.2 Å². The van der Waals surface area contributed by atoms with E-state index in [-0.39, 0.29) is 13.2 Å². The number of hydrogen-bond donors (Lipinski definition) is 2. The molecule has 8 heteroatoms. The number of hydrogen-bond acceptors (Lipinski definition) is 7.